The second kappa shape index (κ2) is 6.61. The number of benzene rings is 1. The van der Waals surface area contributed by atoms with Crippen LogP contribution in [0, 0.1) is 11.3 Å². The van der Waals surface area contributed by atoms with E-state index in [1.54, 1.807) is 6.07 Å². The van der Waals surface area contributed by atoms with E-state index in [0.717, 1.165) is 12.1 Å². The van der Waals surface area contributed by atoms with E-state index in [-0.39, 0.29) is 25.5 Å². The van der Waals surface area contributed by atoms with Gasteiger partial charge in [0.05, 0.1) is 17.8 Å². The maximum absolute atomic E-state index is 12.8. The molecule has 0 radical (unpaired) electrons. The quantitative estimate of drug-likeness (QED) is 0.946. The van der Waals surface area contributed by atoms with Gasteiger partial charge in [-0.2, -0.15) is 23.5 Å². The van der Waals surface area contributed by atoms with Crippen LogP contribution in [0.15, 0.2) is 30.6 Å². The Morgan fingerprint density at radius 3 is 2.52 bits per heavy atom. The van der Waals surface area contributed by atoms with E-state index in [2.05, 4.69) is 5.10 Å². The SMILES string of the molecule is Cl.N#CCn1cc(-c2cc(CN)cc(C(F)(F)F)c2)cn1. The number of aromatic nitrogens is 2. The summed E-state index contributed by atoms with van der Waals surface area (Å²) < 4.78 is 39.8. The van der Waals surface area contributed by atoms with Crippen molar-refractivity contribution in [3.8, 4) is 17.2 Å². The third-order valence-corrected chi connectivity index (χ3v) is 2.76. The van der Waals surface area contributed by atoms with Gasteiger partial charge in [0.15, 0.2) is 0 Å². The number of alkyl halides is 3. The first-order chi connectivity index (χ1) is 9.44. The number of nitrogens with zero attached hydrogens (tertiary/aromatic N) is 3. The molecule has 4 nitrogen and oxygen atoms in total. The first-order valence-corrected chi connectivity index (χ1v) is 5.75. The normalized spacial score (nSPS) is 10.8. The molecule has 0 unspecified atom stereocenters. The summed E-state index contributed by atoms with van der Waals surface area (Å²) in [5, 5.41) is 12.5. The molecular weight excluding hydrogens is 305 g/mol. The Balaban J connectivity index is 0.00000220. The van der Waals surface area contributed by atoms with Gasteiger partial charge in [-0.05, 0) is 29.3 Å². The second-order valence-electron chi connectivity index (χ2n) is 4.21. The summed E-state index contributed by atoms with van der Waals surface area (Å²) in [6, 6.07) is 5.57. The molecule has 1 heterocycles. The third-order valence-electron chi connectivity index (χ3n) is 2.76. The topological polar surface area (TPSA) is 67.6 Å². The zero-order valence-electron chi connectivity index (χ0n) is 10.8. The fraction of sp³-hybridized carbons (Fsp3) is 0.231. The van der Waals surface area contributed by atoms with Crippen LogP contribution in [0.1, 0.15) is 11.1 Å². The molecule has 0 saturated carbocycles. The Bertz CT molecular complexity index is 658. The zero-order valence-corrected chi connectivity index (χ0v) is 11.6. The number of hydrogen-bond acceptors (Lipinski definition) is 3. The van der Waals surface area contributed by atoms with E-state index in [9.17, 15) is 13.2 Å². The minimum atomic E-state index is -4.43. The average molecular weight is 317 g/mol. The molecule has 0 spiro atoms. The van der Waals surface area contributed by atoms with Crippen molar-refractivity contribution in [3.63, 3.8) is 0 Å². The van der Waals surface area contributed by atoms with Crippen molar-refractivity contribution < 1.29 is 13.2 Å². The molecule has 21 heavy (non-hydrogen) atoms. The van der Waals surface area contributed by atoms with Crippen molar-refractivity contribution in [3.05, 3.63) is 41.7 Å². The Kier molecular flexibility index (Phi) is 5.35. The maximum atomic E-state index is 12.8. The molecule has 0 aliphatic rings. The number of nitrogens with two attached hydrogens (primary N) is 1. The van der Waals surface area contributed by atoms with Gasteiger partial charge in [0.25, 0.3) is 0 Å². The van der Waals surface area contributed by atoms with Gasteiger partial charge in [-0.15, -0.1) is 12.4 Å². The van der Waals surface area contributed by atoms with Gasteiger partial charge in [0, 0.05) is 18.3 Å². The van der Waals surface area contributed by atoms with Crippen LogP contribution in [-0.2, 0) is 19.3 Å². The summed E-state index contributed by atoms with van der Waals surface area (Å²) >= 11 is 0. The standard InChI is InChI=1S/C13H11F3N4.ClH/c14-13(15,16)12-4-9(6-18)3-10(5-12)11-7-19-20(8-11)2-1-17;/h3-5,7-8H,2,6,18H2;1H. The largest absolute Gasteiger partial charge is 0.416 e. The van der Waals surface area contributed by atoms with Crippen molar-refractivity contribution in [1.82, 2.24) is 9.78 Å². The molecule has 2 aromatic rings. The third kappa shape index (κ3) is 3.97. The molecule has 0 aliphatic carbocycles. The summed E-state index contributed by atoms with van der Waals surface area (Å²) in [6.45, 7) is 0.0615. The lowest BCUT2D eigenvalue weighted by Gasteiger charge is -2.10. The average Bonchev–Trinajstić information content (AvgIpc) is 2.86. The van der Waals surface area contributed by atoms with E-state index in [1.807, 2.05) is 6.07 Å². The first kappa shape index (κ1) is 17.0. The smallest absolute Gasteiger partial charge is 0.326 e. The van der Waals surface area contributed by atoms with Crippen molar-refractivity contribution in [2.24, 2.45) is 5.73 Å². The summed E-state index contributed by atoms with van der Waals surface area (Å²) in [4.78, 5) is 0. The predicted molar refractivity (Wildman–Crippen MR) is 73.4 cm³/mol. The van der Waals surface area contributed by atoms with Crippen LogP contribution in [-0.4, -0.2) is 9.78 Å². The van der Waals surface area contributed by atoms with Gasteiger partial charge in [-0.25, -0.2) is 0 Å². The minimum Gasteiger partial charge on any atom is -0.326 e. The van der Waals surface area contributed by atoms with Gasteiger partial charge in [-0.1, -0.05) is 0 Å². The van der Waals surface area contributed by atoms with E-state index < -0.39 is 11.7 Å². The highest BCUT2D eigenvalue weighted by molar-refractivity contribution is 5.85. The van der Waals surface area contributed by atoms with Crippen molar-refractivity contribution in [2.75, 3.05) is 0 Å². The Morgan fingerprint density at radius 2 is 1.95 bits per heavy atom. The summed E-state index contributed by atoms with van der Waals surface area (Å²) in [5.74, 6) is 0. The number of halogens is 4. The molecule has 0 fully saturated rings. The minimum absolute atomic E-state index is 0. The monoisotopic (exact) mass is 316 g/mol. The fourth-order valence-electron chi connectivity index (χ4n) is 1.81. The Morgan fingerprint density at radius 1 is 1.24 bits per heavy atom. The maximum Gasteiger partial charge on any atom is 0.416 e. The summed E-state index contributed by atoms with van der Waals surface area (Å²) in [6.07, 6.45) is -1.48. The lowest BCUT2D eigenvalue weighted by Crippen LogP contribution is -2.07. The molecule has 1 aromatic heterocycles. The molecule has 8 heteroatoms. The molecular formula is C13H12ClF3N4. The van der Waals surface area contributed by atoms with Gasteiger partial charge < -0.3 is 5.73 Å². The predicted octanol–water partition coefficient (Wildman–Crippen LogP) is 2.97. The highest BCUT2D eigenvalue weighted by atomic mass is 35.5. The molecule has 0 aliphatic heterocycles. The highest BCUT2D eigenvalue weighted by Gasteiger charge is 2.31. The van der Waals surface area contributed by atoms with Crippen molar-refractivity contribution >= 4 is 12.4 Å². The second-order valence-corrected chi connectivity index (χ2v) is 4.21. The lowest BCUT2D eigenvalue weighted by molar-refractivity contribution is -0.137. The van der Waals surface area contributed by atoms with Crippen LogP contribution in [0.3, 0.4) is 0 Å². The zero-order chi connectivity index (χ0) is 14.8. The lowest BCUT2D eigenvalue weighted by atomic mass is 10.0. The molecule has 2 N–H and O–H groups in total. The number of nitriles is 1. The molecule has 0 atom stereocenters. The number of hydrogen-bond donors (Lipinski definition) is 1. The Hall–Kier alpha value is -2.04. The first-order valence-electron chi connectivity index (χ1n) is 5.75. The van der Waals surface area contributed by atoms with Crippen LogP contribution in [0.25, 0.3) is 11.1 Å². The van der Waals surface area contributed by atoms with Gasteiger partial charge in [0.2, 0.25) is 0 Å². The van der Waals surface area contributed by atoms with Crippen LogP contribution in [0.4, 0.5) is 13.2 Å². The summed E-state index contributed by atoms with van der Waals surface area (Å²) in [7, 11) is 0. The molecule has 0 bridgehead atoms. The molecule has 2 rings (SSSR count). The van der Waals surface area contributed by atoms with Gasteiger partial charge in [0.1, 0.15) is 6.54 Å². The van der Waals surface area contributed by atoms with Crippen molar-refractivity contribution in [1.29, 1.82) is 5.26 Å². The van der Waals surface area contributed by atoms with Crippen LogP contribution in [0.5, 0.6) is 0 Å². The van der Waals surface area contributed by atoms with Gasteiger partial charge >= 0.3 is 6.18 Å². The molecule has 1 aromatic carbocycles. The fourth-order valence-corrected chi connectivity index (χ4v) is 1.81. The van der Waals surface area contributed by atoms with Crippen LogP contribution in [0.2, 0.25) is 0 Å². The molecule has 0 amide bonds. The van der Waals surface area contributed by atoms with Gasteiger partial charge in [-0.3, -0.25) is 4.68 Å². The van der Waals surface area contributed by atoms with E-state index >= 15 is 0 Å². The van der Waals surface area contributed by atoms with E-state index in [1.165, 1.54) is 17.1 Å². The van der Waals surface area contributed by atoms with Crippen molar-refractivity contribution in [2.45, 2.75) is 19.3 Å². The van der Waals surface area contributed by atoms with E-state index in [0.29, 0.717) is 16.7 Å². The molecule has 112 valence electrons. The van der Waals surface area contributed by atoms with Crippen LogP contribution >= 0.6 is 12.4 Å². The highest BCUT2D eigenvalue weighted by Crippen LogP contribution is 2.33. The van der Waals surface area contributed by atoms with E-state index in [4.69, 9.17) is 11.0 Å². The number of rotatable bonds is 3. The Labute approximate surface area is 125 Å². The molecule has 0 saturated heterocycles. The van der Waals surface area contributed by atoms with Crippen LogP contribution < -0.4 is 5.73 Å². The summed E-state index contributed by atoms with van der Waals surface area (Å²) in [5.41, 5.74) is 5.97.